The van der Waals surface area contributed by atoms with E-state index < -0.39 is 5.97 Å². The number of carboxylic acid groups (broad SMARTS) is 1. The van der Waals surface area contributed by atoms with Crippen LogP contribution in [0.25, 0.3) is 6.08 Å². The van der Waals surface area contributed by atoms with E-state index in [0.717, 1.165) is 5.56 Å². The number of benzene rings is 1. The quantitative estimate of drug-likeness (QED) is 0.586. The summed E-state index contributed by atoms with van der Waals surface area (Å²) in [5, 5.41) is 8.64. The van der Waals surface area contributed by atoms with Crippen molar-refractivity contribution in [3.8, 4) is 11.5 Å². The number of likely N-dealkylation sites (N-methyl/N-ethyl adjacent to an activating group) is 1. The third kappa shape index (κ3) is 4.27. The summed E-state index contributed by atoms with van der Waals surface area (Å²) in [5.74, 6) is -0.103. The molecule has 1 saturated heterocycles. The standard InChI is InChI=1S/C16H17NO5S2/c1-3-17-15(20)13(24-16(17)23)9-10-4-5-11(12(8-10)21-2)22-7-6-14(18)19/h4-5,8-9H,3,6-7H2,1-2H3,(H,18,19)/b13-9+. The number of hydrogen-bond donors (Lipinski definition) is 1. The number of thioether (sulfide) groups is 1. The third-order valence-corrected chi connectivity index (χ3v) is 4.63. The second-order valence-corrected chi connectivity index (χ2v) is 6.50. The van der Waals surface area contributed by atoms with Gasteiger partial charge in [0.2, 0.25) is 0 Å². The van der Waals surface area contributed by atoms with Gasteiger partial charge in [-0.2, -0.15) is 0 Å². The Morgan fingerprint density at radius 1 is 1.42 bits per heavy atom. The average Bonchev–Trinajstić information content (AvgIpc) is 2.81. The number of carbonyl (C=O) groups is 2. The summed E-state index contributed by atoms with van der Waals surface area (Å²) < 4.78 is 11.2. The molecular weight excluding hydrogens is 350 g/mol. The molecule has 1 amide bonds. The monoisotopic (exact) mass is 367 g/mol. The van der Waals surface area contributed by atoms with E-state index >= 15 is 0 Å². The van der Waals surface area contributed by atoms with Crippen molar-refractivity contribution in [2.24, 2.45) is 0 Å². The van der Waals surface area contributed by atoms with E-state index in [1.165, 1.54) is 18.9 Å². The van der Waals surface area contributed by atoms with Gasteiger partial charge in [-0.05, 0) is 30.7 Å². The molecule has 0 spiro atoms. The zero-order valence-corrected chi connectivity index (χ0v) is 14.9. The molecule has 1 fully saturated rings. The number of hydrogen-bond acceptors (Lipinski definition) is 6. The maximum Gasteiger partial charge on any atom is 0.306 e. The van der Waals surface area contributed by atoms with Crippen LogP contribution in [0.3, 0.4) is 0 Å². The minimum atomic E-state index is -0.927. The summed E-state index contributed by atoms with van der Waals surface area (Å²) in [6.07, 6.45) is 1.66. The van der Waals surface area contributed by atoms with Crippen molar-refractivity contribution in [1.29, 1.82) is 0 Å². The molecule has 128 valence electrons. The largest absolute Gasteiger partial charge is 0.493 e. The summed E-state index contributed by atoms with van der Waals surface area (Å²) in [6.45, 7) is 2.47. The summed E-state index contributed by atoms with van der Waals surface area (Å²) >= 11 is 6.45. The van der Waals surface area contributed by atoms with Crippen molar-refractivity contribution in [1.82, 2.24) is 4.90 Å². The molecule has 0 atom stereocenters. The van der Waals surface area contributed by atoms with Crippen LogP contribution < -0.4 is 9.47 Å². The summed E-state index contributed by atoms with van der Waals surface area (Å²) in [6, 6.07) is 5.19. The number of carbonyl (C=O) groups excluding carboxylic acids is 1. The summed E-state index contributed by atoms with van der Waals surface area (Å²) in [7, 11) is 1.50. The normalized spacial score (nSPS) is 15.9. The number of nitrogens with zero attached hydrogens (tertiary/aromatic N) is 1. The fraction of sp³-hybridized carbons (Fsp3) is 0.312. The van der Waals surface area contributed by atoms with Crippen LogP contribution >= 0.6 is 24.0 Å². The molecule has 0 unspecified atom stereocenters. The highest BCUT2D eigenvalue weighted by molar-refractivity contribution is 8.26. The minimum Gasteiger partial charge on any atom is -0.493 e. The highest BCUT2D eigenvalue weighted by Gasteiger charge is 2.30. The highest BCUT2D eigenvalue weighted by atomic mass is 32.2. The van der Waals surface area contributed by atoms with Gasteiger partial charge in [-0.15, -0.1) is 0 Å². The number of methoxy groups -OCH3 is 1. The number of amides is 1. The van der Waals surface area contributed by atoms with Crippen molar-refractivity contribution in [2.45, 2.75) is 13.3 Å². The molecule has 1 aliphatic rings. The molecule has 24 heavy (non-hydrogen) atoms. The maximum absolute atomic E-state index is 12.2. The van der Waals surface area contributed by atoms with Crippen LogP contribution in [0.5, 0.6) is 11.5 Å². The molecule has 1 heterocycles. The molecule has 1 N–H and O–H groups in total. The first-order valence-corrected chi connectivity index (χ1v) is 8.46. The van der Waals surface area contributed by atoms with E-state index in [4.69, 9.17) is 26.8 Å². The highest BCUT2D eigenvalue weighted by Crippen LogP contribution is 2.34. The predicted octanol–water partition coefficient (Wildman–Crippen LogP) is 2.77. The van der Waals surface area contributed by atoms with E-state index in [-0.39, 0.29) is 18.9 Å². The molecule has 1 aromatic rings. The predicted molar refractivity (Wildman–Crippen MR) is 96.3 cm³/mol. The Hall–Kier alpha value is -2.06. The van der Waals surface area contributed by atoms with Gasteiger partial charge in [-0.25, -0.2) is 0 Å². The zero-order chi connectivity index (χ0) is 17.7. The molecular formula is C16H17NO5S2. The van der Waals surface area contributed by atoms with E-state index in [1.54, 1.807) is 29.2 Å². The second-order valence-electron chi connectivity index (χ2n) is 4.83. The molecule has 1 aliphatic heterocycles. The number of ether oxygens (including phenoxy) is 2. The van der Waals surface area contributed by atoms with Crippen molar-refractivity contribution in [3.05, 3.63) is 28.7 Å². The van der Waals surface area contributed by atoms with Crippen molar-refractivity contribution in [3.63, 3.8) is 0 Å². The Kier molecular flexibility index (Phi) is 6.22. The third-order valence-electron chi connectivity index (χ3n) is 3.25. The van der Waals surface area contributed by atoms with Gasteiger partial charge in [-0.3, -0.25) is 14.5 Å². The average molecular weight is 367 g/mol. The van der Waals surface area contributed by atoms with Gasteiger partial charge < -0.3 is 14.6 Å². The number of aliphatic carboxylic acids is 1. The number of thiocarbonyl (C=S) groups is 1. The summed E-state index contributed by atoms with van der Waals surface area (Å²) in [4.78, 5) is 24.9. The molecule has 0 aliphatic carbocycles. The molecule has 0 bridgehead atoms. The van der Waals surface area contributed by atoms with Gasteiger partial charge in [-0.1, -0.05) is 30.0 Å². The number of carboxylic acids is 1. The van der Waals surface area contributed by atoms with Crippen LogP contribution in [-0.2, 0) is 9.59 Å². The molecule has 0 radical (unpaired) electrons. The Bertz CT molecular complexity index is 702. The van der Waals surface area contributed by atoms with Gasteiger partial charge in [0, 0.05) is 6.54 Å². The van der Waals surface area contributed by atoms with Crippen LogP contribution in [-0.4, -0.2) is 46.5 Å². The van der Waals surface area contributed by atoms with Crippen molar-refractivity contribution >= 4 is 46.3 Å². The molecule has 0 aromatic heterocycles. The first kappa shape index (κ1) is 18.3. The molecule has 2 rings (SSSR count). The van der Waals surface area contributed by atoms with Gasteiger partial charge in [0.1, 0.15) is 4.32 Å². The van der Waals surface area contributed by atoms with Crippen LogP contribution in [0.1, 0.15) is 18.9 Å². The van der Waals surface area contributed by atoms with Crippen LogP contribution in [0.4, 0.5) is 0 Å². The van der Waals surface area contributed by atoms with Crippen LogP contribution in [0, 0.1) is 0 Å². The lowest BCUT2D eigenvalue weighted by atomic mass is 10.2. The molecule has 1 aromatic carbocycles. The van der Waals surface area contributed by atoms with Crippen molar-refractivity contribution < 1.29 is 24.2 Å². The van der Waals surface area contributed by atoms with Gasteiger partial charge >= 0.3 is 5.97 Å². The topological polar surface area (TPSA) is 76.1 Å². The SMILES string of the molecule is CCN1C(=O)/C(=C\c2ccc(OCCC(=O)O)c(OC)c2)SC1=S. The molecule has 0 saturated carbocycles. The fourth-order valence-electron chi connectivity index (χ4n) is 2.07. The Balaban J connectivity index is 2.17. The van der Waals surface area contributed by atoms with Gasteiger partial charge in [0.15, 0.2) is 11.5 Å². The zero-order valence-electron chi connectivity index (χ0n) is 13.3. The minimum absolute atomic E-state index is 0.0558. The maximum atomic E-state index is 12.2. The van der Waals surface area contributed by atoms with Gasteiger partial charge in [0.05, 0.1) is 25.0 Å². The lowest BCUT2D eigenvalue weighted by molar-refractivity contribution is -0.137. The Labute approximate surface area is 149 Å². The Morgan fingerprint density at radius 3 is 2.75 bits per heavy atom. The molecule has 8 heteroatoms. The molecule has 6 nitrogen and oxygen atoms in total. The van der Waals surface area contributed by atoms with Crippen LogP contribution in [0.2, 0.25) is 0 Å². The van der Waals surface area contributed by atoms with E-state index in [0.29, 0.717) is 27.3 Å². The first-order valence-electron chi connectivity index (χ1n) is 7.24. The lowest BCUT2D eigenvalue weighted by Gasteiger charge is -2.11. The van der Waals surface area contributed by atoms with E-state index in [2.05, 4.69) is 0 Å². The Morgan fingerprint density at radius 2 is 2.17 bits per heavy atom. The fourth-order valence-corrected chi connectivity index (χ4v) is 3.45. The van der Waals surface area contributed by atoms with Crippen molar-refractivity contribution in [2.75, 3.05) is 20.3 Å². The number of rotatable bonds is 7. The first-order chi connectivity index (χ1) is 11.5. The van der Waals surface area contributed by atoms with E-state index in [1.807, 2.05) is 6.92 Å². The smallest absolute Gasteiger partial charge is 0.306 e. The lowest BCUT2D eigenvalue weighted by Crippen LogP contribution is -2.27. The summed E-state index contributed by atoms with van der Waals surface area (Å²) in [5.41, 5.74) is 0.772. The van der Waals surface area contributed by atoms with Crippen LogP contribution in [0.15, 0.2) is 23.1 Å². The van der Waals surface area contributed by atoms with Gasteiger partial charge in [0.25, 0.3) is 5.91 Å². The van der Waals surface area contributed by atoms with E-state index in [9.17, 15) is 9.59 Å². The second kappa shape index (κ2) is 8.16.